The number of nitrogens with one attached hydrogen (secondary N) is 1. The number of aromatic nitrogens is 1. The van der Waals surface area contributed by atoms with Crippen LogP contribution in [-0.2, 0) is 17.8 Å². The van der Waals surface area contributed by atoms with E-state index in [4.69, 9.17) is 0 Å². The minimum atomic E-state index is -0.0102. The fourth-order valence-electron chi connectivity index (χ4n) is 1.36. The van der Waals surface area contributed by atoms with Gasteiger partial charge in [0.2, 0.25) is 5.91 Å². The summed E-state index contributed by atoms with van der Waals surface area (Å²) in [5, 5.41) is 4.87. The predicted molar refractivity (Wildman–Crippen MR) is 71.8 cm³/mol. The SMILES string of the molecule is O=C(Cc1ccccn1)NCc1sccc1Br. The summed E-state index contributed by atoms with van der Waals surface area (Å²) < 4.78 is 1.04. The van der Waals surface area contributed by atoms with E-state index in [0.717, 1.165) is 15.0 Å². The zero-order chi connectivity index (χ0) is 12.1. The van der Waals surface area contributed by atoms with Crippen LogP contribution in [0.4, 0.5) is 0 Å². The highest BCUT2D eigenvalue weighted by Gasteiger charge is 2.06. The Morgan fingerprint density at radius 1 is 1.41 bits per heavy atom. The molecule has 0 saturated carbocycles. The van der Waals surface area contributed by atoms with Gasteiger partial charge in [-0.25, -0.2) is 0 Å². The molecular weight excluding hydrogens is 300 g/mol. The minimum absolute atomic E-state index is 0.0102. The quantitative estimate of drug-likeness (QED) is 0.943. The number of pyridine rings is 1. The van der Waals surface area contributed by atoms with E-state index in [9.17, 15) is 4.79 Å². The van der Waals surface area contributed by atoms with Gasteiger partial charge in [-0.05, 0) is 39.5 Å². The predicted octanol–water partition coefficient (Wildman–Crippen LogP) is 2.76. The molecule has 0 atom stereocenters. The van der Waals surface area contributed by atoms with E-state index in [2.05, 4.69) is 26.2 Å². The summed E-state index contributed by atoms with van der Waals surface area (Å²) in [6.45, 7) is 0.559. The number of hydrogen-bond donors (Lipinski definition) is 1. The Hall–Kier alpha value is -1.20. The monoisotopic (exact) mass is 310 g/mol. The molecule has 0 unspecified atom stereocenters. The van der Waals surface area contributed by atoms with Crippen molar-refractivity contribution in [2.24, 2.45) is 0 Å². The first kappa shape index (κ1) is 12.3. The van der Waals surface area contributed by atoms with Crippen LogP contribution in [0.5, 0.6) is 0 Å². The Morgan fingerprint density at radius 3 is 2.94 bits per heavy atom. The van der Waals surface area contributed by atoms with Crippen molar-refractivity contribution in [1.29, 1.82) is 0 Å². The fraction of sp³-hybridized carbons (Fsp3) is 0.167. The molecule has 0 aliphatic rings. The van der Waals surface area contributed by atoms with Crippen molar-refractivity contribution in [3.05, 3.63) is 50.9 Å². The molecule has 0 radical (unpaired) electrons. The van der Waals surface area contributed by atoms with Gasteiger partial charge in [-0.15, -0.1) is 11.3 Å². The first-order valence-corrected chi connectivity index (χ1v) is 6.81. The average molecular weight is 311 g/mol. The van der Waals surface area contributed by atoms with Crippen LogP contribution in [0.1, 0.15) is 10.6 Å². The van der Waals surface area contributed by atoms with Crippen LogP contribution in [0.25, 0.3) is 0 Å². The minimum Gasteiger partial charge on any atom is -0.351 e. The Labute approximate surface area is 112 Å². The van der Waals surface area contributed by atoms with E-state index in [-0.39, 0.29) is 5.91 Å². The molecule has 1 amide bonds. The van der Waals surface area contributed by atoms with E-state index in [0.29, 0.717) is 13.0 Å². The van der Waals surface area contributed by atoms with E-state index in [1.54, 1.807) is 17.5 Å². The first-order valence-electron chi connectivity index (χ1n) is 5.14. The molecule has 0 aromatic carbocycles. The van der Waals surface area contributed by atoms with Crippen LogP contribution in [0.3, 0.4) is 0 Å². The zero-order valence-electron chi connectivity index (χ0n) is 9.02. The number of carbonyl (C=O) groups excluding carboxylic acids is 1. The molecule has 88 valence electrons. The topological polar surface area (TPSA) is 42.0 Å². The van der Waals surface area contributed by atoms with Gasteiger partial charge in [0.25, 0.3) is 0 Å². The molecule has 0 fully saturated rings. The second kappa shape index (κ2) is 5.93. The summed E-state index contributed by atoms with van der Waals surface area (Å²) in [5.74, 6) is -0.0102. The van der Waals surface area contributed by atoms with Crippen molar-refractivity contribution >= 4 is 33.2 Å². The highest BCUT2D eigenvalue weighted by atomic mass is 79.9. The number of amides is 1. The molecule has 0 aliphatic carbocycles. The van der Waals surface area contributed by atoms with Crippen molar-refractivity contribution in [3.8, 4) is 0 Å². The summed E-state index contributed by atoms with van der Waals surface area (Å²) in [5.41, 5.74) is 0.787. The second-order valence-corrected chi connectivity index (χ2v) is 5.32. The number of hydrogen-bond acceptors (Lipinski definition) is 3. The van der Waals surface area contributed by atoms with Gasteiger partial charge in [0, 0.05) is 21.2 Å². The normalized spacial score (nSPS) is 10.2. The Balaban J connectivity index is 1.84. The maximum absolute atomic E-state index is 11.7. The van der Waals surface area contributed by atoms with Gasteiger partial charge in [-0.1, -0.05) is 6.07 Å². The van der Waals surface area contributed by atoms with Crippen LogP contribution in [-0.4, -0.2) is 10.9 Å². The van der Waals surface area contributed by atoms with Crippen molar-refractivity contribution in [2.75, 3.05) is 0 Å². The van der Waals surface area contributed by atoms with Crippen LogP contribution in [0, 0.1) is 0 Å². The number of rotatable bonds is 4. The van der Waals surface area contributed by atoms with Gasteiger partial charge in [-0.2, -0.15) is 0 Å². The lowest BCUT2D eigenvalue weighted by Gasteiger charge is -2.03. The third kappa shape index (κ3) is 3.64. The first-order chi connectivity index (χ1) is 8.25. The largest absolute Gasteiger partial charge is 0.351 e. The zero-order valence-corrected chi connectivity index (χ0v) is 11.4. The maximum atomic E-state index is 11.7. The fourth-order valence-corrected chi connectivity index (χ4v) is 2.79. The molecule has 2 rings (SSSR count). The van der Waals surface area contributed by atoms with Crippen molar-refractivity contribution in [3.63, 3.8) is 0 Å². The van der Waals surface area contributed by atoms with E-state index in [1.807, 2.05) is 29.6 Å². The van der Waals surface area contributed by atoms with Gasteiger partial charge < -0.3 is 5.32 Å². The van der Waals surface area contributed by atoms with Crippen LogP contribution < -0.4 is 5.32 Å². The molecule has 3 nitrogen and oxygen atoms in total. The smallest absolute Gasteiger partial charge is 0.226 e. The molecule has 5 heteroatoms. The summed E-state index contributed by atoms with van der Waals surface area (Å²) >= 11 is 5.05. The molecule has 2 aromatic heterocycles. The highest BCUT2D eigenvalue weighted by molar-refractivity contribution is 9.10. The molecule has 0 bridgehead atoms. The average Bonchev–Trinajstić information content (AvgIpc) is 2.74. The standard InChI is InChI=1S/C12H11BrN2OS/c13-10-4-6-17-11(10)8-15-12(16)7-9-3-1-2-5-14-9/h1-6H,7-8H2,(H,15,16). The van der Waals surface area contributed by atoms with Gasteiger partial charge >= 0.3 is 0 Å². The Bertz CT molecular complexity index is 498. The van der Waals surface area contributed by atoms with Crippen LogP contribution in [0.2, 0.25) is 0 Å². The van der Waals surface area contributed by atoms with E-state index < -0.39 is 0 Å². The summed E-state index contributed by atoms with van der Waals surface area (Å²) in [4.78, 5) is 16.9. The Kier molecular flexibility index (Phi) is 4.28. The lowest BCUT2D eigenvalue weighted by atomic mass is 10.2. The van der Waals surface area contributed by atoms with E-state index in [1.165, 1.54) is 0 Å². The van der Waals surface area contributed by atoms with Crippen LogP contribution in [0.15, 0.2) is 40.3 Å². The number of thiophene rings is 1. The molecule has 2 aromatic rings. The van der Waals surface area contributed by atoms with Crippen molar-refractivity contribution in [1.82, 2.24) is 10.3 Å². The van der Waals surface area contributed by atoms with Crippen LogP contribution >= 0.6 is 27.3 Å². The molecule has 0 spiro atoms. The highest BCUT2D eigenvalue weighted by Crippen LogP contribution is 2.22. The van der Waals surface area contributed by atoms with Crippen molar-refractivity contribution in [2.45, 2.75) is 13.0 Å². The summed E-state index contributed by atoms with van der Waals surface area (Å²) in [7, 11) is 0. The third-order valence-corrected chi connectivity index (χ3v) is 4.13. The van der Waals surface area contributed by atoms with Gasteiger partial charge in [0.15, 0.2) is 0 Å². The second-order valence-electron chi connectivity index (χ2n) is 3.47. The molecule has 0 aliphatic heterocycles. The summed E-state index contributed by atoms with van der Waals surface area (Å²) in [6.07, 6.45) is 2.02. The molecule has 17 heavy (non-hydrogen) atoms. The van der Waals surface area contributed by atoms with E-state index >= 15 is 0 Å². The van der Waals surface area contributed by atoms with Crippen molar-refractivity contribution < 1.29 is 4.79 Å². The lowest BCUT2D eigenvalue weighted by Crippen LogP contribution is -2.24. The third-order valence-electron chi connectivity index (χ3n) is 2.20. The Morgan fingerprint density at radius 2 is 2.29 bits per heavy atom. The number of carbonyl (C=O) groups is 1. The molecule has 2 heterocycles. The molecule has 0 saturated heterocycles. The number of nitrogens with zero attached hydrogens (tertiary/aromatic N) is 1. The number of halogens is 1. The van der Waals surface area contributed by atoms with Gasteiger partial charge in [-0.3, -0.25) is 9.78 Å². The summed E-state index contributed by atoms with van der Waals surface area (Å²) in [6, 6.07) is 7.54. The maximum Gasteiger partial charge on any atom is 0.226 e. The molecular formula is C12H11BrN2OS. The van der Waals surface area contributed by atoms with Gasteiger partial charge in [0.05, 0.1) is 13.0 Å². The lowest BCUT2D eigenvalue weighted by molar-refractivity contribution is -0.120. The van der Waals surface area contributed by atoms with Gasteiger partial charge in [0.1, 0.15) is 0 Å². The molecule has 1 N–H and O–H groups in total.